The number of hydrogen-bond donors (Lipinski definition) is 1. The molecule has 0 aliphatic heterocycles. The summed E-state index contributed by atoms with van der Waals surface area (Å²) in [4.78, 5) is 11.1. The highest BCUT2D eigenvalue weighted by Gasteiger charge is 2.17. The fourth-order valence-electron chi connectivity index (χ4n) is 1.63. The zero-order valence-electron chi connectivity index (χ0n) is 9.74. The molecule has 0 spiro atoms. The lowest BCUT2D eigenvalue weighted by Crippen LogP contribution is -2.16. The molecule has 90 valence electrons. The Kier molecular flexibility index (Phi) is 5.59. The maximum Gasteiger partial charge on any atom is 0.306 e. The van der Waals surface area contributed by atoms with Gasteiger partial charge in [-0.25, -0.2) is 0 Å². The number of carbonyl (C=O) groups is 1. The molecule has 1 atom stereocenters. The van der Waals surface area contributed by atoms with Gasteiger partial charge in [0.15, 0.2) is 0 Å². The molecule has 0 aromatic heterocycles. The van der Waals surface area contributed by atoms with Crippen LogP contribution < -0.4 is 0 Å². The first-order valence-corrected chi connectivity index (χ1v) is 5.88. The largest absolute Gasteiger partial charge is 0.481 e. The fourth-order valence-corrected chi connectivity index (χ4v) is 1.85. The SMILES string of the molecule is CC#CCCC(Cc1cccc(Cl)c1)C(=O)O. The molecule has 0 aliphatic rings. The van der Waals surface area contributed by atoms with Crippen molar-refractivity contribution in [3.63, 3.8) is 0 Å². The molecule has 0 saturated heterocycles. The van der Waals surface area contributed by atoms with Crippen LogP contribution in [0.3, 0.4) is 0 Å². The van der Waals surface area contributed by atoms with E-state index in [1.807, 2.05) is 18.2 Å². The van der Waals surface area contributed by atoms with E-state index in [4.69, 9.17) is 16.7 Å². The number of halogens is 1. The van der Waals surface area contributed by atoms with E-state index in [0.717, 1.165) is 5.56 Å². The summed E-state index contributed by atoms with van der Waals surface area (Å²) in [7, 11) is 0. The molecule has 1 rings (SSSR count). The third-order valence-corrected chi connectivity index (χ3v) is 2.75. The molecule has 17 heavy (non-hydrogen) atoms. The van der Waals surface area contributed by atoms with Gasteiger partial charge in [-0.05, 0) is 37.5 Å². The number of benzene rings is 1. The molecule has 0 saturated carbocycles. The van der Waals surface area contributed by atoms with E-state index in [1.54, 1.807) is 13.0 Å². The second-order valence-corrected chi connectivity index (χ2v) is 4.27. The van der Waals surface area contributed by atoms with Crippen LogP contribution in [0.5, 0.6) is 0 Å². The van der Waals surface area contributed by atoms with Crippen molar-refractivity contribution in [3.8, 4) is 11.8 Å². The number of hydrogen-bond acceptors (Lipinski definition) is 1. The molecule has 0 fully saturated rings. The van der Waals surface area contributed by atoms with Crippen molar-refractivity contribution in [1.82, 2.24) is 0 Å². The van der Waals surface area contributed by atoms with Gasteiger partial charge in [0.1, 0.15) is 0 Å². The van der Waals surface area contributed by atoms with Crippen LogP contribution in [0, 0.1) is 17.8 Å². The van der Waals surface area contributed by atoms with Crippen LogP contribution in [-0.2, 0) is 11.2 Å². The van der Waals surface area contributed by atoms with Crippen LogP contribution in [0.2, 0.25) is 5.02 Å². The molecule has 0 amide bonds. The smallest absolute Gasteiger partial charge is 0.306 e. The summed E-state index contributed by atoms with van der Waals surface area (Å²) in [5, 5.41) is 9.76. The first-order valence-electron chi connectivity index (χ1n) is 5.50. The van der Waals surface area contributed by atoms with Crippen molar-refractivity contribution in [3.05, 3.63) is 34.9 Å². The van der Waals surface area contributed by atoms with Gasteiger partial charge in [0.05, 0.1) is 5.92 Å². The summed E-state index contributed by atoms with van der Waals surface area (Å²) < 4.78 is 0. The van der Waals surface area contributed by atoms with Crippen LogP contribution in [-0.4, -0.2) is 11.1 Å². The van der Waals surface area contributed by atoms with Gasteiger partial charge in [-0.3, -0.25) is 4.79 Å². The fraction of sp³-hybridized carbons (Fsp3) is 0.357. The number of aliphatic carboxylic acids is 1. The summed E-state index contributed by atoms with van der Waals surface area (Å²) in [5.41, 5.74) is 0.953. The van der Waals surface area contributed by atoms with E-state index in [0.29, 0.717) is 24.3 Å². The van der Waals surface area contributed by atoms with Gasteiger partial charge in [0, 0.05) is 11.4 Å². The Morgan fingerprint density at radius 2 is 2.29 bits per heavy atom. The average molecular weight is 251 g/mol. The molecule has 0 bridgehead atoms. The first-order chi connectivity index (χ1) is 8.13. The Labute approximate surface area is 107 Å². The molecular formula is C14H15ClO2. The van der Waals surface area contributed by atoms with Gasteiger partial charge < -0.3 is 5.11 Å². The van der Waals surface area contributed by atoms with Crippen LogP contribution in [0.25, 0.3) is 0 Å². The molecule has 0 heterocycles. The lowest BCUT2D eigenvalue weighted by atomic mass is 9.95. The number of rotatable bonds is 5. The minimum absolute atomic E-state index is 0.394. The van der Waals surface area contributed by atoms with E-state index in [-0.39, 0.29) is 0 Å². The van der Waals surface area contributed by atoms with Crippen molar-refractivity contribution >= 4 is 17.6 Å². The normalized spacial score (nSPS) is 11.4. The molecule has 1 unspecified atom stereocenters. The second-order valence-electron chi connectivity index (χ2n) is 3.83. The molecule has 0 radical (unpaired) electrons. The van der Waals surface area contributed by atoms with Crippen molar-refractivity contribution in [2.45, 2.75) is 26.2 Å². The van der Waals surface area contributed by atoms with E-state index in [2.05, 4.69) is 11.8 Å². The summed E-state index contributed by atoms with van der Waals surface area (Å²) in [5.74, 6) is 4.49. The minimum Gasteiger partial charge on any atom is -0.481 e. The Hall–Kier alpha value is -1.46. The van der Waals surface area contributed by atoms with Crippen LogP contribution in [0.4, 0.5) is 0 Å². The number of carboxylic acid groups (broad SMARTS) is 1. The Morgan fingerprint density at radius 1 is 1.53 bits per heavy atom. The molecule has 1 aromatic carbocycles. The molecule has 3 heteroatoms. The molecule has 0 aliphatic carbocycles. The van der Waals surface area contributed by atoms with E-state index < -0.39 is 11.9 Å². The summed E-state index contributed by atoms with van der Waals surface area (Å²) in [6.07, 6.45) is 1.69. The molecular weight excluding hydrogens is 236 g/mol. The Morgan fingerprint density at radius 3 is 2.88 bits per heavy atom. The van der Waals surface area contributed by atoms with E-state index in [1.165, 1.54) is 0 Å². The third-order valence-electron chi connectivity index (χ3n) is 2.51. The lowest BCUT2D eigenvalue weighted by molar-refractivity contribution is -0.141. The van der Waals surface area contributed by atoms with E-state index in [9.17, 15) is 4.79 Å². The highest BCUT2D eigenvalue weighted by Crippen LogP contribution is 2.17. The van der Waals surface area contributed by atoms with Crippen molar-refractivity contribution < 1.29 is 9.90 Å². The topological polar surface area (TPSA) is 37.3 Å². The number of carboxylic acids is 1. The maximum atomic E-state index is 11.1. The van der Waals surface area contributed by atoms with Crippen molar-refractivity contribution in [1.29, 1.82) is 0 Å². The van der Waals surface area contributed by atoms with Gasteiger partial charge in [0.2, 0.25) is 0 Å². The summed E-state index contributed by atoms with van der Waals surface area (Å²) >= 11 is 5.86. The van der Waals surface area contributed by atoms with Crippen LogP contribution >= 0.6 is 11.6 Å². The quantitative estimate of drug-likeness (QED) is 0.814. The standard InChI is InChI=1S/C14H15ClO2/c1-2-3-4-7-12(14(16)17)9-11-6-5-8-13(15)10-11/h5-6,8,10,12H,4,7,9H2,1H3,(H,16,17). The van der Waals surface area contributed by atoms with Gasteiger partial charge in [-0.1, -0.05) is 23.7 Å². The Balaban J connectivity index is 2.65. The molecule has 1 N–H and O–H groups in total. The average Bonchev–Trinajstić information content (AvgIpc) is 2.28. The first kappa shape index (κ1) is 13.6. The molecule has 2 nitrogen and oxygen atoms in total. The summed E-state index contributed by atoms with van der Waals surface area (Å²) in [6, 6.07) is 7.32. The third kappa shape index (κ3) is 4.93. The van der Waals surface area contributed by atoms with Gasteiger partial charge >= 0.3 is 5.97 Å². The van der Waals surface area contributed by atoms with Crippen molar-refractivity contribution in [2.75, 3.05) is 0 Å². The van der Waals surface area contributed by atoms with Gasteiger partial charge in [0.25, 0.3) is 0 Å². The highest BCUT2D eigenvalue weighted by molar-refractivity contribution is 6.30. The lowest BCUT2D eigenvalue weighted by Gasteiger charge is -2.10. The van der Waals surface area contributed by atoms with E-state index >= 15 is 0 Å². The molecule has 1 aromatic rings. The van der Waals surface area contributed by atoms with Crippen molar-refractivity contribution in [2.24, 2.45) is 5.92 Å². The zero-order chi connectivity index (χ0) is 12.7. The summed E-state index contributed by atoms with van der Waals surface area (Å²) in [6.45, 7) is 1.76. The predicted octanol–water partition coefficient (Wildman–Crippen LogP) is 3.39. The monoisotopic (exact) mass is 250 g/mol. The minimum atomic E-state index is -0.775. The second kappa shape index (κ2) is 6.98. The zero-order valence-corrected chi connectivity index (χ0v) is 10.5. The van der Waals surface area contributed by atoms with Gasteiger partial charge in [-0.2, -0.15) is 0 Å². The van der Waals surface area contributed by atoms with Gasteiger partial charge in [-0.15, -0.1) is 11.8 Å². The van der Waals surface area contributed by atoms with Crippen LogP contribution in [0.1, 0.15) is 25.3 Å². The maximum absolute atomic E-state index is 11.1. The van der Waals surface area contributed by atoms with Crippen LogP contribution in [0.15, 0.2) is 24.3 Å². The highest BCUT2D eigenvalue weighted by atomic mass is 35.5. The Bertz CT molecular complexity index is 443. The predicted molar refractivity (Wildman–Crippen MR) is 69.0 cm³/mol.